The lowest BCUT2D eigenvalue weighted by molar-refractivity contribution is -0.191. The molecule has 1 radical (unpaired) electrons. The molecule has 1 saturated heterocycles. The van der Waals surface area contributed by atoms with Gasteiger partial charge in [0.15, 0.2) is 0 Å². The molecule has 1 rings (SSSR count). The van der Waals surface area contributed by atoms with E-state index in [0.717, 1.165) is 6.61 Å². The van der Waals surface area contributed by atoms with Crippen LogP contribution in [0, 0.1) is 6.61 Å². The smallest absolute Gasteiger partial charge is 0.115 e. The van der Waals surface area contributed by atoms with Crippen molar-refractivity contribution < 1.29 is 30.3 Å². The zero-order valence-electron chi connectivity index (χ0n) is 6.82. The average Bonchev–Trinajstić information content (AvgIpc) is 2.13. The Morgan fingerprint density at radius 1 is 1.23 bits per heavy atom. The maximum Gasteiger partial charge on any atom is 0.115 e. The first-order chi connectivity index (χ1) is 6.07. The molecule has 0 aromatic carbocycles. The lowest BCUT2D eigenvalue weighted by atomic mass is 9.97. The van der Waals surface area contributed by atoms with Crippen molar-refractivity contribution in [1.29, 1.82) is 0 Å². The molecule has 5 atom stereocenters. The molecule has 0 bridgehead atoms. The molecule has 0 aromatic heterocycles. The van der Waals surface area contributed by atoms with Gasteiger partial charge in [-0.25, -0.2) is 0 Å². The molecule has 6 nitrogen and oxygen atoms in total. The van der Waals surface area contributed by atoms with Crippen LogP contribution in [-0.2, 0) is 4.74 Å². The van der Waals surface area contributed by atoms with E-state index in [4.69, 9.17) is 25.2 Å². The van der Waals surface area contributed by atoms with Crippen molar-refractivity contribution in [1.82, 2.24) is 0 Å². The summed E-state index contributed by atoms with van der Waals surface area (Å²) in [7, 11) is 0. The largest absolute Gasteiger partial charge is 0.394 e. The molecule has 6 heteroatoms. The molecule has 1 aliphatic rings. The fourth-order valence-corrected chi connectivity index (χ4v) is 1.15. The second kappa shape index (κ2) is 4.32. The lowest BCUT2D eigenvalue weighted by Crippen LogP contribution is -2.55. The van der Waals surface area contributed by atoms with Gasteiger partial charge in [0.1, 0.15) is 37.1 Å². The molecule has 5 unspecified atom stereocenters. The maximum atomic E-state index is 9.28. The summed E-state index contributed by atoms with van der Waals surface area (Å²) in [5, 5.41) is 45.1. The highest BCUT2D eigenvalue weighted by molar-refractivity contribution is 4.94. The second-order valence-corrected chi connectivity index (χ2v) is 2.96. The maximum absolute atomic E-state index is 9.28. The van der Waals surface area contributed by atoms with Crippen molar-refractivity contribution in [2.24, 2.45) is 0 Å². The summed E-state index contributed by atoms with van der Waals surface area (Å²) in [6.07, 6.45) is -6.49. The van der Waals surface area contributed by atoms with Gasteiger partial charge in [-0.1, -0.05) is 0 Å². The van der Waals surface area contributed by atoms with Crippen molar-refractivity contribution in [2.45, 2.75) is 30.5 Å². The van der Waals surface area contributed by atoms with Crippen LogP contribution in [0.1, 0.15) is 0 Å². The van der Waals surface area contributed by atoms with Crippen molar-refractivity contribution in [2.75, 3.05) is 6.61 Å². The van der Waals surface area contributed by atoms with E-state index in [1.54, 1.807) is 0 Å². The van der Waals surface area contributed by atoms with E-state index < -0.39 is 37.1 Å². The topological polar surface area (TPSA) is 110 Å². The highest BCUT2D eigenvalue weighted by Gasteiger charge is 2.41. The summed E-state index contributed by atoms with van der Waals surface area (Å²) < 4.78 is 4.73. The first-order valence-electron chi connectivity index (χ1n) is 3.90. The number of hydrogen-bond donors (Lipinski definition) is 5. The van der Waals surface area contributed by atoms with Gasteiger partial charge in [-0.05, 0) is 0 Å². The Hall–Kier alpha value is -0.240. The Balaban J connectivity index is 2.58. The average molecular weight is 193 g/mol. The van der Waals surface area contributed by atoms with Gasteiger partial charge in [-0.2, -0.15) is 0 Å². The first-order valence-corrected chi connectivity index (χ1v) is 3.90. The van der Waals surface area contributed by atoms with E-state index in [-0.39, 0.29) is 0 Å². The van der Waals surface area contributed by atoms with Crippen LogP contribution in [-0.4, -0.2) is 62.7 Å². The minimum Gasteiger partial charge on any atom is -0.394 e. The van der Waals surface area contributed by atoms with E-state index in [9.17, 15) is 5.11 Å². The minimum atomic E-state index is -1.41. The van der Waals surface area contributed by atoms with Crippen LogP contribution < -0.4 is 0 Å². The van der Waals surface area contributed by atoms with Crippen molar-refractivity contribution in [3.05, 3.63) is 6.61 Å². The summed E-state index contributed by atoms with van der Waals surface area (Å²) in [5.74, 6) is 0. The number of aliphatic hydroxyl groups excluding tert-OH is 5. The summed E-state index contributed by atoms with van der Waals surface area (Å²) in [4.78, 5) is 0. The van der Waals surface area contributed by atoms with Gasteiger partial charge < -0.3 is 30.3 Å². The lowest BCUT2D eigenvalue weighted by Gasteiger charge is -2.36. The molecule has 0 saturated carbocycles. The van der Waals surface area contributed by atoms with Gasteiger partial charge in [0, 0.05) is 0 Å². The van der Waals surface area contributed by atoms with Gasteiger partial charge in [0.05, 0.1) is 6.61 Å². The molecule has 77 valence electrons. The molecule has 0 aliphatic carbocycles. The third-order valence-electron chi connectivity index (χ3n) is 1.98. The van der Waals surface area contributed by atoms with Gasteiger partial charge in [0.2, 0.25) is 0 Å². The Kier molecular flexibility index (Phi) is 3.60. The van der Waals surface area contributed by atoms with Crippen LogP contribution in [0.2, 0.25) is 0 Å². The van der Waals surface area contributed by atoms with E-state index >= 15 is 0 Å². The highest BCUT2D eigenvalue weighted by atomic mass is 16.5. The summed E-state index contributed by atoms with van der Waals surface area (Å²) >= 11 is 0. The monoisotopic (exact) mass is 193 g/mol. The van der Waals surface area contributed by atoms with E-state index in [2.05, 4.69) is 0 Å². The quantitative estimate of drug-likeness (QED) is 0.319. The zero-order valence-corrected chi connectivity index (χ0v) is 6.82. The van der Waals surface area contributed by atoms with Gasteiger partial charge in [0.25, 0.3) is 0 Å². The standard InChI is InChI=1S/C7H13O6/c8-1-3(9)7-6(12)5(11)4(10)2-13-7/h2-12H,1H2. The van der Waals surface area contributed by atoms with E-state index in [1.165, 1.54) is 0 Å². The van der Waals surface area contributed by atoms with Gasteiger partial charge >= 0.3 is 0 Å². The molecule has 0 amide bonds. The van der Waals surface area contributed by atoms with Crippen molar-refractivity contribution in [3.8, 4) is 0 Å². The van der Waals surface area contributed by atoms with Gasteiger partial charge in [-0.3, -0.25) is 0 Å². The molecule has 0 aromatic rings. The molecule has 13 heavy (non-hydrogen) atoms. The highest BCUT2D eigenvalue weighted by Crippen LogP contribution is 2.20. The predicted octanol–water partition coefficient (Wildman–Crippen LogP) is -3.02. The van der Waals surface area contributed by atoms with Crippen LogP contribution >= 0.6 is 0 Å². The first kappa shape index (κ1) is 10.8. The number of aliphatic hydroxyl groups is 5. The Morgan fingerprint density at radius 3 is 2.38 bits per heavy atom. The number of ether oxygens (including phenoxy) is 1. The van der Waals surface area contributed by atoms with E-state index in [0.29, 0.717) is 0 Å². The van der Waals surface area contributed by atoms with Crippen molar-refractivity contribution in [3.63, 3.8) is 0 Å². The molecule has 5 N–H and O–H groups in total. The second-order valence-electron chi connectivity index (χ2n) is 2.96. The minimum absolute atomic E-state index is 0.585. The normalized spacial score (nSPS) is 43.2. The molecular formula is C7H13O6. The van der Waals surface area contributed by atoms with Gasteiger partial charge in [-0.15, -0.1) is 0 Å². The van der Waals surface area contributed by atoms with E-state index in [1.807, 2.05) is 0 Å². The Labute approximate surface area is 75.0 Å². The van der Waals surface area contributed by atoms with Crippen LogP contribution in [0.4, 0.5) is 0 Å². The SMILES string of the molecule is OCC(O)C1O[CH]C(O)C(O)C1O. The van der Waals surface area contributed by atoms with Crippen molar-refractivity contribution >= 4 is 0 Å². The summed E-state index contributed by atoms with van der Waals surface area (Å²) in [6.45, 7) is 0.333. The predicted molar refractivity (Wildman–Crippen MR) is 40.3 cm³/mol. The molecule has 1 aliphatic heterocycles. The summed E-state index contributed by atoms with van der Waals surface area (Å²) in [5.41, 5.74) is 0. The fraction of sp³-hybridized carbons (Fsp3) is 0.857. The number of rotatable bonds is 2. The molecule has 0 spiro atoms. The fourth-order valence-electron chi connectivity index (χ4n) is 1.15. The van der Waals surface area contributed by atoms with Crippen LogP contribution in [0.15, 0.2) is 0 Å². The third-order valence-corrected chi connectivity index (χ3v) is 1.98. The molecule has 1 heterocycles. The summed E-state index contributed by atoms with van der Waals surface area (Å²) in [6, 6.07) is 0. The van der Waals surface area contributed by atoms with Crippen LogP contribution in [0.3, 0.4) is 0 Å². The Morgan fingerprint density at radius 2 is 1.85 bits per heavy atom. The van der Waals surface area contributed by atoms with Crippen LogP contribution in [0.25, 0.3) is 0 Å². The zero-order chi connectivity index (χ0) is 10.0. The van der Waals surface area contributed by atoms with Crippen LogP contribution in [0.5, 0.6) is 0 Å². The number of hydrogen-bond acceptors (Lipinski definition) is 6. The molecule has 1 fully saturated rings. The third kappa shape index (κ3) is 2.16. The molecular weight excluding hydrogens is 180 g/mol. The Bertz CT molecular complexity index is 163.